The summed E-state index contributed by atoms with van der Waals surface area (Å²) in [5.74, 6) is -0.156. The van der Waals surface area contributed by atoms with Gasteiger partial charge in [0.15, 0.2) is 0 Å². The summed E-state index contributed by atoms with van der Waals surface area (Å²) in [7, 11) is 1.58. The predicted octanol–water partition coefficient (Wildman–Crippen LogP) is 5.61. The number of benzene rings is 1. The van der Waals surface area contributed by atoms with E-state index in [0.717, 1.165) is 6.54 Å². The van der Waals surface area contributed by atoms with Crippen LogP contribution in [-0.4, -0.2) is 52.8 Å². The highest BCUT2D eigenvalue weighted by Gasteiger charge is 2.42. The van der Waals surface area contributed by atoms with Crippen LogP contribution in [0.4, 0.5) is 0 Å². The van der Waals surface area contributed by atoms with Gasteiger partial charge >= 0.3 is 5.97 Å². The number of carboxylic acids is 1. The predicted molar refractivity (Wildman–Crippen MR) is 139 cm³/mol. The van der Waals surface area contributed by atoms with Crippen LogP contribution in [0.15, 0.2) is 41.9 Å². The van der Waals surface area contributed by atoms with Crippen molar-refractivity contribution < 1.29 is 19.7 Å². The SMILES string of the molecule is COc1ccc2ncc(Cl)c([C@@H](O)CCC3(C(=O)O)CCN(CC(S)c4cccs4)CC3)c2c1. The van der Waals surface area contributed by atoms with Gasteiger partial charge in [0, 0.05) is 33.8 Å². The minimum Gasteiger partial charge on any atom is -0.497 e. The maximum absolute atomic E-state index is 12.3. The number of thiophene rings is 1. The number of aliphatic hydroxyl groups excluding tert-OH is 1. The molecule has 0 aliphatic carbocycles. The van der Waals surface area contributed by atoms with Gasteiger partial charge < -0.3 is 19.8 Å². The van der Waals surface area contributed by atoms with Crippen molar-refractivity contribution in [3.05, 3.63) is 57.4 Å². The Morgan fingerprint density at radius 2 is 2.12 bits per heavy atom. The van der Waals surface area contributed by atoms with E-state index in [1.165, 1.54) is 11.1 Å². The molecular formula is C25H29ClN2O4S2. The fraction of sp³-hybridized carbons (Fsp3) is 0.440. The number of piperidine rings is 1. The molecule has 1 saturated heterocycles. The van der Waals surface area contributed by atoms with E-state index in [-0.39, 0.29) is 5.25 Å². The Bertz CT molecular complexity index is 1130. The molecule has 1 unspecified atom stereocenters. The average molecular weight is 521 g/mol. The van der Waals surface area contributed by atoms with Crippen molar-refractivity contribution in [2.45, 2.75) is 37.0 Å². The second-order valence-electron chi connectivity index (χ2n) is 8.87. The smallest absolute Gasteiger partial charge is 0.309 e. The van der Waals surface area contributed by atoms with Crippen LogP contribution < -0.4 is 4.74 Å². The molecule has 6 nitrogen and oxygen atoms in total. The Morgan fingerprint density at radius 3 is 2.76 bits per heavy atom. The highest BCUT2D eigenvalue weighted by atomic mass is 35.5. The molecule has 0 radical (unpaired) electrons. The monoisotopic (exact) mass is 520 g/mol. The van der Waals surface area contributed by atoms with Crippen molar-refractivity contribution in [2.24, 2.45) is 5.41 Å². The first-order valence-corrected chi connectivity index (χ1v) is 13.1. The molecule has 0 saturated carbocycles. The first kappa shape index (κ1) is 25.3. The number of nitrogens with zero attached hydrogens (tertiary/aromatic N) is 2. The Hall–Kier alpha value is -1.84. The zero-order chi connectivity index (χ0) is 24.3. The normalized spacial score (nSPS) is 18.0. The number of carboxylic acid groups (broad SMARTS) is 1. The molecule has 1 aliphatic heterocycles. The van der Waals surface area contributed by atoms with Crippen LogP contribution in [0, 0.1) is 5.41 Å². The largest absolute Gasteiger partial charge is 0.497 e. The third-order valence-corrected chi connectivity index (χ3v) is 8.77. The summed E-state index contributed by atoms with van der Waals surface area (Å²) < 4.78 is 5.32. The molecule has 2 aromatic heterocycles. The van der Waals surface area contributed by atoms with Gasteiger partial charge in [-0.1, -0.05) is 17.7 Å². The number of thiol groups is 1. The number of aromatic nitrogens is 1. The Morgan fingerprint density at radius 1 is 1.35 bits per heavy atom. The van der Waals surface area contributed by atoms with Crippen molar-refractivity contribution in [1.82, 2.24) is 9.88 Å². The number of likely N-dealkylation sites (tertiary alicyclic amines) is 1. The maximum Gasteiger partial charge on any atom is 0.309 e. The molecule has 2 N–H and O–H groups in total. The molecule has 182 valence electrons. The highest BCUT2D eigenvalue weighted by Crippen LogP contribution is 2.41. The summed E-state index contributed by atoms with van der Waals surface area (Å²) in [4.78, 5) is 20.2. The van der Waals surface area contributed by atoms with E-state index in [9.17, 15) is 15.0 Å². The lowest BCUT2D eigenvalue weighted by atomic mass is 9.74. The molecule has 1 aliphatic rings. The Kier molecular flexibility index (Phi) is 8.05. The number of methoxy groups -OCH3 is 1. The molecule has 3 aromatic rings. The molecule has 9 heteroatoms. The van der Waals surface area contributed by atoms with E-state index in [2.05, 4.69) is 16.0 Å². The van der Waals surface area contributed by atoms with Crippen molar-refractivity contribution >= 4 is 52.4 Å². The van der Waals surface area contributed by atoms with Crippen LogP contribution in [0.25, 0.3) is 10.9 Å². The number of hydrogen-bond donors (Lipinski definition) is 3. The molecule has 0 spiro atoms. The minimum absolute atomic E-state index is 0.123. The zero-order valence-electron chi connectivity index (χ0n) is 19.0. The summed E-state index contributed by atoms with van der Waals surface area (Å²) >= 11 is 12.9. The van der Waals surface area contributed by atoms with Crippen LogP contribution in [0.2, 0.25) is 5.02 Å². The summed E-state index contributed by atoms with van der Waals surface area (Å²) in [5, 5.41) is 24.5. The summed E-state index contributed by atoms with van der Waals surface area (Å²) in [6, 6.07) is 9.54. The van der Waals surface area contributed by atoms with E-state index < -0.39 is 17.5 Å². The van der Waals surface area contributed by atoms with E-state index in [4.69, 9.17) is 29.0 Å². The van der Waals surface area contributed by atoms with Gasteiger partial charge in [-0.2, -0.15) is 12.6 Å². The Balaban J connectivity index is 1.44. The first-order chi connectivity index (χ1) is 16.3. The summed E-state index contributed by atoms with van der Waals surface area (Å²) in [6.07, 6.45) is 2.38. The van der Waals surface area contributed by atoms with Gasteiger partial charge in [-0.25, -0.2) is 0 Å². The van der Waals surface area contributed by atoms with Crippen LogP contribution >= 0.6 is 35.6 Å². The van der Waals surface area contributed by atoms with Crippen molar-refractivity contribution in [1.29, 1.82) is 0 Å². The minimum atomic E-state index is -0.903. The molecule has 34 heavy (non-hydrogen) atoms. The van der Waals surface area contributed by atoms with Gasteiger partial charge in [-0.15, -0.1) is 11.3 Å². The van der Waals surface area contributed by atoms with Crippen LogP contribution in [0.3, 0.4) is 0 Å². The quantitative estimate of drug-likeness (QED) is 0.318. The van der Waals surface area contributed by atoms with Crippen LogP contribution in [0.1, 0.15) is 47.5 Å². The summed E-state index contributed by atoms with van der Waals surface area (Å²) in [6.45, 7) is 2.18. The van der Waals surface area contributed by atoms with Crippen molar-refractivity contribution in [2.75, 3.05) is 26.7 Å². The molecule has 1 fully saturated rings. The lowest BCUT2D eigenvalue weighted by molar-refractivity contribution is -0.153. The number of aliphatic carboxylic acids is 1. The molecule has 0 bridgehead atoms. The van der Waals surface area contributed by atoms with Crippen molar-refractivity contribution in [3.8, 4) is 5.75 Å². The number of pyridine rings is 1. The molecule has 1 aromatic carbocycles. The lowest BCUT2D eigenvalue weighted by Crippen LogP contribution is -2.45. The maximum atomic E-state index is 12.3. The third-order valence-electron chi connectivity index (χ3n) is 6.87. The molecule has 3 heterocycles. The third kappa shape index (κ3) is 5.36. The van der Waals surface area contributed by atoms with E-state index in [0.29, 0.717) is 66.0 Å². The number of fused-ring (bicyclic) bond motifs is 1. The van der Waals surface area contributed by atoms with Crippen molar-refractivity contribution in [3.63, 3.8) is 0 Å². The molecule has 2 atom stereocenters. The number of aliphatic hydroxyl groups is 1. The number of ether oxygens (including phenoxy) is 1. The van der Waals surface area contributed by atoms with Crippen LogP contribution in [-0.2, 0) is 4.79 Å². The number of rotatable bonds is 9. The fourth-order valence-electron chi connectivity index (χ4n) is 4.74. The zero-order valence-corrected chi connectivity index (χ0v) is 21.5. The number of carbonyl (C=O) groups is 1. The summed E-state index contributed by atoms with van der Waals surface area (Å²) in [5.41, 5.74) is 0.407. The molecular weight excluding hydrogens is 492 g/mol. The van der Waals surface area contributed by atoms with Crippen LogP contribution in [0.5, 0.6) is 5.75 Å². The highest BCUT2D eigenvalue weighted by molar-refractivity contribution is 7.80. The average Bonchev–Trinajstić information content (AvgIpc) is 3.38. The second kappa shape index (κ2) is 10.8. The lowest BCUT2D eigenvalue weighted by Gasteiger charge is -2.40. The van der Waals surface area contributed by atoms with Gasteiger partial charge in [0.1, 0.15) is 5.75 Å². The first-order valence-electron chi connectivity index (χ1n) is 11.3. The Labute approximate surface area is 213 Å². The van der Waals surface area contributed by atoms with Gasteiger partial charge in [0.25, 0.3) is 0 Å². The van der Waals surface area contributed by atoms with Gasteiger partial charge in [-0.05, 0) is 68.4 Å². The van der Waals surface area contributed by atoms with Gasteiger partial charge in [0.2, 0.25) is 0 Å². The molecule has 4 rings (SSSR count). The topological polar surface area (TPSA) is 82.9 Å². The number of halogens is 1. The standard InChI is InChI=1S/C25H29ClN2O4S2/c1-32-16-4-5-19-17(13-16)23(18(26)14-27-19)20(29)6-7-25(24(30)31)8-10-28(11-9-25)15-21(33)22-3-2-12-34-22/h2-5,12-14,20-21,29,33H,6-11,15H2,1H3,(H,30,31)/t20-,21?/m0/s1. The van der Waals surface area contributed by atoms with E-state index in [1.807, 2.05) is 17.5 Å². The number of hydrogen-bond acceptors (Lipinski definition) is 7. The van der Waals surface area contributed by atoms with E-state index in [1.54, 1.807) is 30.6 Å². The van der Waals surface area contributed by atoms with Gasteiger partial charge in [0.05, 0.1) is 29.2 Å². The molecule has 0 amide bonds. The van der Waals surface area contributed by atoms with Gasteiger partial charge in [-0.3, -0.25) is 9.78 Å². The fourth-order valence-corrected chi connectivity index (χ4v) is 6.22. The second-order valence-corrected chi connectivity index (χ2v) is 10.9. The van der Waals surface area contributed by atoms with E-state index >= 15 is 0 Å².